The van der Waals surface area contributed by atoms with Gasteiger partial charge in [-0.15, -0.1) is 0 Å². The van der Waals surface area contributed by atoms with E-state index >= 15 is 0 Å². The average Bonchev–Trinajstić information content (AvgIpc) is 2.74. The zero-order chi connectivity index (χ0) is 9.31. The van der Waals surface area contributed by atoms with Crippen molar-refractivity contribution in [1.29, 1.82) is 0 Å². The lowest BCUT2D eigenvalue weighted by molar-refractivity contribution is -0.223. The Balaban J connectivity index is 1.93. The molecular weight excluding hydrogens is 172 g/mol. The highest BCUT2D eigenvalue weighted by Crippen LogP contribution is 2.41. The molecule has 0 aromatic rings. The molecule has 2 N–H and O–H groups in total. The number of ether oxygens (including phenoxy) is 2. The number of aliphatic hydroxyl groups excluding tert-OH is 2. The van der Waals surface area contributed by atoms with E-state index in [0.717, 1.165) is 25.7 Å². The summed E-state index contributed by atoms with van der Waals surface area (Å²) in [4.78, 5) is 0. The third-order valence-corrected chi connectivity index (χ3v) is 2.86. The topological polar surface area (TPSA) is 58.9 Å². The maximum atomic E-state index is 8.90. The van der Waals surface area contributed by atoms with Gasteiger partial charge < -0.3 is 19.7 Å². The smallest absolute Gasteiger partial charge is 0.169 e. The second-order valence-electron chi connectivity index (χ2n) is 3.83. The quantitative estimate of drug-likeness (QED) is 0.641. The predicted molar refractivity (Wildman–Crippen MR) is 45.1 cm³/mol. The number of aliphatic hydroxyl groups is 2. The molecule has 4 nitrogen and oxygen atoms in total. The summed E-state index contributed by atoms with van der Waals surface area (Å²) in [5.74, 6) is -0.485. The van der Waals surface area contributed by atoms with E-state index in [2.05, 4.69) is 0 Å². The van der Waals surface area contributed by atoms with Gasteiger partial charge in [-0.3, -0.25) is 0 Å². The van der Waals surface area contributed by atoms with Gasteiger partial charge in [0.1, 0.15) is 0 Å². The molecule has 2 aliphatic rings. The highest BCUT2D eigenvalue weighted by molar-refractivity contribution is 4.87. The van der Waals surface area contributed by atoms with Crippen LogP contribution in [0, 0.1) is 0 Å². The molecule has 2 heterocycles. The molecule has 0 aromatic carbocycles. The summed E-state index contributed by atoms with van der Waals surface area (Å²) in [5, 5.41) is 17.8. The molecule has 0 amide bonds. The van der Waals surface area contributed by atoms with Crippen LogP contribution in [0.3, 0.4) is 0 Å². The van der Waals surface area contributed by atoms with Gasteiger partial charge in [-0.05, 0) is 12.8 Å². The van der Waals surface area contributed by atoms with Gasteiger partial charge in [0, 0.05) is 12.8 Å². The Bertz CT molecular complexity index is 162. The van der Waals surface area contributed by atoms with Gasteiger partial charge in [-0.25, -0.2) is 0 Å². The second-order valence-corrected chi connectivity index (χ2v) is 3.83. The molecular formula is C9H16O4. The standard InChI is InChI=1S/C9H16O4/c10-5-7-1-3-9(12-7)4-2-8(6-11)13-9/h7-8,10-11H,1-6H2. The van der Waals surface area contributed by atoms with Crippen molar-refractivity contribution in [2.45, 2.75) is 43.7 Å². The molecule has 2 aliphatic heterocycles. The van der Waals surface area contributed by atoms with Gasteiger partial charge in [0.05, 0.1) is 25.4 Å². The summed E-state index contributed by atoms with van der Waals surface area (Å²) in [5.41, 5.74) is 0. The second kappa shape index (κ2) is 3.53. The fourth-order valence-corrected chi connectivity index (χ4v) is 2.13. The lowest BCUT2D eigenvalue weighted by Gasteiger charge is -2.24. The highest BCUT2D eigenvalue weighted by Gasteiger charge is 2.46. The normalized spacial score (nSPS) is 44.8. The fourth-order valence-electron chi connectivity index (χ4n) is 2.13. The Kier molecular flexibility index (Phi) is 2.55. The Morgan fingerprint density at radius 1 is 1.00 bits per heavy atom. The first-order valence-corrected chi connectivity index (χ1v) is 4.85. The van der Waals surface area contributed by atoms with E-state index in [9.17, 15) is 0 Å². The molecule has 4 heteroatoms. The van der Waals surface area contributed by atoms with Crippen LogP contribution in [0.15, 0.2) is 0 Å². The summed E-state index contributed by atoms with van der Waals surface area (Å²) < 4.78 is 11.2. The first-order chi connectivity index (χ1) is 6.28. The monoisotopic (exact) mass is 188 g/mol. The Morgan fingerprint density at radius 2 is 1.46 bits per heavy atom. The molecule has 2 saturated heterocycles. The summed E-state index contributed by atoms with van der Waals surface area (Å²) in [6, 6.07) is 0. The predicted octanol–water partition coefficient (Wildman–Crippen LogP) is 0.0253. The van der Waals surface area contributed by atoms with Gasteiger partial charge in [0.2, 0.25) is 0 Å². The Hall–Kier alpha value is -0.160. The molecule has 13 heavy (non-hydrogen) atoms. The van der Waals surface area contributed by atoms with E-state index in [-0.39, 0.29) is 25.4 Å². The minimum atomic E-state index is -0.485. The third-order valence-electron chi connectivity index (χ3n) is 2.86. The van der Waals surface area contributed by atoms with Gasteiger partial charge >= 0.3 is 0 Å². The van der Waals surface area contributed by atoms with Crippen molar-refractivity contribution in [1.82, 2.24) is 0 Å². The minimum absolute atomic E-state index is 0.0644. The Labute approximate surface area is 77.5 Å². The first-order valence-electron chi connectivity index (χ1n) is 4.85. The van der Waals surface area contributed by atoms with Crippen LogP contribution >= 0.6 is 0 Å². The maximum Gasteiger partial charge on any atom is 0.169 e. The van der Waals surface area contributed by atoms with Crippen LogP contribution in [0.4, 0.5) is 0 Å². The summed E-state index contributed by atoms with van der Waals surface area (Å²) in [6.45, 7) is 0.129. The number of hydrogen-bond donors (Lipinski definition) is 2. The highest BCUT2D eigenvalue weighted by atomic mass is 16.7. The maximum absolute atomic E-state index is 8.90. The molecule has 0 aliphatic carbocycles. The van der Waals surface area contributed by atoms with Crippen LogP contribution in [0.25, 0.3) is 0 Å². The lowest BCUT2D eigenvalue weighted by Crippen LogP contribution is -2.30. The SMILES string of the molecule is OCC1CCC2(CCC(CO)O2)O1. The number of hydrogen-bond acceptors (Lipinski definition) is 4. The first kappa shape index (κ1) is 9.40. The molecule has 2 rings (SSSR count). The summed E-state index contributed by atoms with van der Waals surface area (Å²) in [6.07, 6.45) is 3.25. The van der Waals surface area contributed by atoms with E-state index in [0.29, 0.717) is 0 Å². The van der Waals surface area contributed by atoms with Crippen molar-refractivity contribution in [3.63, 3.8) is 0 Å². The van der Waals surface area contributed by atoms with Crippen LogP contribution in [0.5, 0.6) is 0 Å². The van der Waals surface area contributed by atoms with Gasteiger partial charge in [-0.1, -0.05) is 0 Å². The van der Waals surface area contributed by atoms with E-state index in [1.807, 2.05) is 0 Å². The molecule has 2 fully saturated rings. The van der Waals surface area contributed by atoms with Crippen molar-refractivity contribution >= 4 is 0 Å². The van der Waals surface area contributed by atoms with E-state index in [1.165, 1.54) is 0 Å². The molecule has 0 aromatic heterocycles. The summed E-state index contributed by atoms with van der Waals surface area (Å²) >= 11 is 0. The fraction of sp³-hybridized carbons (Fsp3) is 1.00. The minimum Gasteiger partial charge on any atom is -0.394 e. The van der Waals surface area contributed by atoms with Crippen molar-refractivity contribution in [3.8, 4) is 0 Å². The molecule has 1 spiro atoms. The zero-order valence-corrected chi connectivity index (χ0v) is 7.61. The van der Waals surface area contributed by atoms with E-state index in [1.54, 1.807) is 0 Å². The summed E-state index contributed by atoms with van der Waals surface area (Å²) in [7, 11) is 0. The van der Waals surface area contributed by atoms with Crippen LogP contribution in [-0.2, 0) is 9.47 Å². The molecule has 0 saturated carbocycles. The third kappa shape index (κ3) is 1.72. The zero-order valence-electron chi connectivity index (χ0n) is 7.61. The molecule has 2 atom stereocenters. The van der Waals surface area contributed by atoms with Gasteiger partial charge in [-0.2, -0.15) is 0 Å². The molecule has 76 valence electrons. The largest absolute Gasteiger partial charge is 0.394 e. The number of rotatable bonds is 2. The van der Waals surface area contributed by atoms with Gasteiger partial charge in [0.25, 0.3) is 0 Å². The van der Waals surface area contributed by atoms with Crippen LogP contribution in [0.2, 0.25) is 0 Å². The average molecular weight is 188 g/mol. The van der Waals surface area contributed by atoms with Gasteiger partial charge in [0.15, 0.2) is 5.79 Å². The van der Waals surface area contributed by atoms with Crippen molar-refractivity contribution in [2.75, 3.05) is 13.2 Å². The molecule has 0 bridgehead atoms. The van der Waals surface area contributed by atoms with Crippen molar-refractivity contribution in [2.24, 2.45) is 0 Å². The lowest BCUT2D eigenvalue weighted by atomic mass is 10.1. The molecule has 0 radical (unpaired) electrons. The van der Waals surface area contributed by atoms with Crippen LogP contribution < -0.4 is 0 Å². The Morgan fingerprint density at radius 3 is 1.77 bits per heavy atom. The van der Waals surface area contributed by atoms with Crippen molar-refractivity contribution < 1.29 is 19.7 Å². The van der Waals surface area contributed by atoms with Crippen molar-refractivity contribution in [3.05, 3.63) is 0 Å². The molecule has 2 unspecified atom stereocenters. The van der Waals surface area contributed by atoms with E-state index < -0.39 is 5.79 Å². The van der Waals surface area contributed by atoms with Crippen LogP contribution in [-0.4, -0.2) is 41.4 Å². The van der Waals surface area contributed by atoms with Crippen LogP contribution in [0.1, 0.15) is 25.7 Å². The van der Waals surface area contributed by atoms with E-state index in [4.69, 9.17) is 19.7 Å².